The van der Waals surface area contributed by atoms with E-state index in [2.05, 4.69) is 5.32 Å². The van der Waals surface area contributed by atoms with Crippen molar-refractivity contribution in [2.24, 2.45) is 0 Å². The van der Waals surface area contributed by atoms with Crippen LogP contribution in [0.15, 0.2) is 18.2 Å². The molecule has 0 heterocycles. The number of hydrogen-bond acceptors (Lipinski definition) is 3. The highest BCUT2D eigenvalue weighted by Crippen LogP contribution is 2.22. The average Bonchev–Trinajstić information content (AvgIpc) is 2.29. The van der Waals surface area contributed by atoms with Gasteiger partial charge in [0.25, 0.3) is 0 Å². The Kier molecular flexibility index (Phi) is 5.75. The maximum absolute atomic E-state index is 9.43. The number of hydrogen-bond donors (Lipinski definition) is 2. The number of halogens is 1. The standard InChI is InChI=1S/C13H20ClNO2/c1-4-12(16)8-15-10(3)17-13-6-5-11(14)7-9(13)2/h5-7,10,12,15-16H,4,8H2,1-3H3. The SMILES string of the molecule is CCC(O)CNC(C)Oc1ccc(Cl)cc1C. The van der Waals surface area contributed by atoms with E-state index >= 15 is 0 Å². The third-order valence-corrected chi connectivity index (χ3v) is 2.79. The van der Waals surface area contributed by atoms with Gasteiger partial charge in [-0.15, -0.1) is 0 Å². The molecule has 1 rings (SSSR count). The minimum absolute atomic E-state index is 0.143. The Morgan fingerprint density at radius 1 is 1.47 bits per heavy atom. The lowest BCUT2D eigenvalue weighted by Crippen LogP contribution is -2.37. The summed E-state index contributed by atoms with van der Waals surface area (Å²) < 4.78 is 5.71. The molecule has 0 saturated carbocycles. The van der Waals surface area contributed by atoms with Crippen LogP contribution in [0.4, 0.5) is 0 Å². The lowest BCUT2D eigenvalue weighted by Gasteiger charge is -2.19. The topological polar surface area (TPSA) is 41.5 Å². The van der Waals surface area contributed by atoms with E-state index in [9.17, 15) is 5.11 Å². The predicted molar refractivity (Wildman–Crippen MR) is 70.6 cm³/mol. The van der Waals surface area contributed by atoms with Crippen LogP contribution in [0.25, 0.3) is 0 Å². The van der Waals surface area contributed by atoms with Crippen molar-refractivity contribution >= 4 is 11.6 Å². The molecule has 0 aromatic heterocycles. The first kappa shape index (κ1) is 14.3. The molecule has 0 spiro atoms. The maximum Gasteiger partial charge on any atom is 0.147 e. The van der Waals surface area contributed by atoms with Gasteiger partial charge in [-0.2, -0.15) is 0 Å². The van der Waals surface area contributed by atoms with E-state index in [4.69, 9.17) is 16.3 Å². The summed E-state index contributed by atoms with van der Waals surface area (Å²) in [4.78, 5) is 0. The van der Waals surface area contributed by atoms with Crippen molar-refractivity contribution < 1.29 is 9.84 Å². The van der Waals surface area contributed by atoms with Gasteiger partial charge in [-0.05, 0) is 44.0 Å². The first-order valence-corrected chi connectivity index (χ1v) is 6.25. The van der Waals surface area contributed by atoms with Crippen LogP contribution in [0.1, 0.15) is 25.8 Å². The molecule has 0 aliphatic heterocycles. The van der Waals surface area contributed by atoms with Gasteiger partial charge in [0, 0.05) is 11.6 Å². The largest absolute Gasteiger partial charge is 0.475 e. The third kappa shape index (κ3) is 4.94. The number of aliphatic hydroxyl groups excluding tert-OH is 1. The number of nitrogens with one attached hydrogen (secondary N) is 1. The smallest absolute Gasteiger partial charge is 0.147 e. The molecule has 0 bridgehead atoms. The van der Waals surface area contributed by atoms with Crippen molar-refractivity contribution in [3.63, 3.8) is 0 Å². The van der Waals surface area contributed by atoms with Crippen molar-refractivity contribution in [3.05, 3.63) is 28.8 Å². The Morgan fingerprint density at radius 3 is 2.76 bits per heavy atom. The van der Waals surface area contributed by atoms with Gasteiger partial charge in [0.05, 0.1) is 6.10 Å². The molecule has 0 radical (unpaired) electrons. The van der Waals surface area contributed by atoms with E-state index in [1.807, 2.05) is 32.9 Å². The zero-order chi connectivity index (χ0) is 12.8. The van der Waals surface area contributed by atoms with E-state index in [1.165, 1.54) is 0 Å². The van der Waals surface area contributed by atoms with Gasteiger partial charge >= 0.3 is 0 Å². The van der Waals surface area contributed by atoms with E-state index in [-0.39, 0.29) is 12.3 Å². The zero-order valence-electron chi connectivity index (χ0n) is 10.5. The summed E-state index contributed by atoms with van der Waals surface area (Å²) in [5.74, 6) is 0.806. The second kappa shape index (κ2) is 6.84. The molecular formula is C13H20ClNO2. The van der Waals surface area contributed by atoms with Crippen molar-refractivity contribution in [2.45, 2.75) is 39.5 Å². The van der Waals surface area contributed by atoms with Gasteiger partial charge in [0.1, 0.15) is 12.0 Å². The second-order valence-corrected chi connectivity index (χ2v) is 4.58. The molecule has 17 heavy (non-hydrogen) atoms. The van der Waals surface area contributed by atoms with Crippen molar-refractivity contribution in [1.82, 2.24) is 5.32 Å². The Bertz CT molecular complexity index is 357. The lowest BCUT2D eigenvalue weighted by molar-refractivity contribution is 0.124. The van der Waals surface area contributed by atoms with Crippen molar-refractivity contribution in [2.75, 3.05) is 6.54 Å². The Hall–Kier alpha value is -0.770. The fourth-order valence-corrected chi connectivity index (χ4v) is 1.65. The number of aryl methyl sites for hydroxylation is 1. The molecule has 0 saturated heterocycles. The number of aliphatic hydroxyl groups is 1. The molecular weight excluding hydrogens is 238 g/mol. The highest BCUT2D eigenvalue weighted by molar-refractivity contribution is 6.30. The van der Waals surface area contributed by atoms with Gasteiger partial charge in [-0.1, -0.05) is 18.5 Å². The van der Waals surface area contributed by atoms with Gasteiger partial charge in [-0.3, -0.25) is 5.32 Å². The van der Waals surface area contributed by atoms with Crippen molar-refractivity contribution in [1.29, 1.82) is 0 Å². The summed E-state index contributed by atoms with van der Waals surface area (Å²) in [7, 11) is 0. The quantitative estimate of drug-likeness (QED) is 0.770. The summed E-state index contributed by atoms with van der Waals surface area (Å²) in [5, 5.41) is 13.3. The Morgan fingerprint density at radius 2 is 2.18 bits per heavy atom. The minimum atomic E-state index is -0.327. The molecule has 1 aromatic carbocycles. The average molecular weight is 258 g/mol. The molecule has 2 N–H and O–H groups in total. The van der Waals surface area contributed by atoms with Crippen LogP contribution >= 0.6 is 11.6 Å². The molecule has 0 amide bonds. The normalized spacial score (nSPS) is 14.4. The van der Waals surface area contributed by atoms with Crippen LogP contribution in [-0.4, -0.2) is 24.0 Å². The first-order chi connectivity index (χ1) is 8.02. The first-order valence-electron chi connectivity index (χ1n) is 5.87. The lowest BCUT2D eigenvalue weighted by atomic mass is 10.2. The van der Waals surface area contributed by atoms with Gasteiger partial charge in [-0.25, -0.2) is 0 Å². The van der Waals surface area contributed by atoms with Crippen LogP contribution in [0.2, 0.25) is 5.02 Å². The number of benzene rings is 1. The summed E-state index contributed by atoms with van der Waals surface area (Å²) in [6.07, 6.45) is 0.267. The fraction of sp³-hybridized carbons (Fsp3) is 0.538. The highest BCUT2D eigenvalue weighted by atomic mass is 35.5. The number of ether oxygens (including phenoxy) is 1. The molecule has 0 fully saturated rings. The molecule has 1 aromatic rings. The predicted octanol–water partition coefficient (Wildman–Crippen LogP) is 2.73. The van der Waals surface area contributed by atoms with E-state index in [1.54, 1.807) is 6.07 Å². The van der Waals surface area contributed by atoms with Crippen LogP contribution in [0.5, 0.6) is 5.75 Å². The second-order valence-electron chi connectivity index (χ2n) is 4.14. The minimum Gasteiger partial charge on any atom is -0.475 e. The maximum atomic E-state index is 9.43. The molecule has 3 nitrogen and oxygen atoms in total. The third-order valence-electron chi connectivity index (χ3n) is 2.55. The van der Waals surface area contributed by atoms with Gasteiger partial charge in [0.15, 0.2) is 0 Å². The molecule has 4 heteroatoms. The Labute approximate surface area is 108 Å². The van der Waals surface area contributed by atoms with Crippen LogP contribution in [0, 0.1) is 6.92 Å². The number of rotatable bonds is 6. The summed E-state index contributed by atoms with van der Waals surface area (Å²) >= 11 is 5.87. The zero-order valence-corrected chi connectivity index (χ0v) is 11.3. The van der Waals surface area contributed by atoms with Gasteiger partial charge < -0.3 is 9.84 Å². The highest BCUT2D eigenvalue weighted by Gasteiger charge is 2.08. The monoisotopic (exact) mass is 257 g/mol. The molecule has 96 valence electrons. The van der Waals surface area contributed by atoms with E-state index in [0.29, 0.717) is 11.6 Å². The molecule has 0 aliphatic carbocycles. The van der Waals surface area contributed by atoms with E-state index in [0.717, 1.165) is 17.7 Å². The van der Waals surface area contributed by atoms with Crippen molar-refractivity contribution in [3.8, 4) is 5.75 Å². The molecule has 2 unspecified atom stereocenters. The molecule has 0 aliphatic rings. The summed E-state index contributed by atoms with van der Waals surface area (Å²) in [6, 6.07) is 5.52. The summed E-state index contributed by atoms with van der Waals surface area (Å²) in [6.45, 7) is 6.34. The van der Waals surface area contributed by atoms with Crippen LogP contribution in [-0.2, 0) is 0 Å². The molecule has 2 atom stereocenters. The van der Waals surface area contributed by atoms with Crippen LogP contribution in [0.3, 0.4) is 0 Å². The Balaban J connectivity index is 2.47. The van der Waals surface area contributed by atoms with Gasteiger partial charge in [0.2, 0.25) is 0 Å². The van der Waals surface area contributed by atoms with Crippen LogP contribution < -0.4 is 10.1 Å². The van der Waals surface area contributed by atoms with E-state index < -0.39 is 0 Å². The summed E-state index contributed by atoms with van der Waals surface area (Å²) in [5.41, 5.74) is 1.00. The fourth-order valence-electron chi connectivity index (χ4n) is 1.42.